The van der Waals surface area contributed by atoms with Gasteiger partial charge >= 0.3 is 11.4 Å². The summed E-state index contributed by atoms with van der Waals surface area (Å²) in [5.41, 5.74) is 0. The molecular formula is C11H28O6S2Y2. The molecule has 0 aromatic rings. The molecule has 0 aromatic carbocycles. The third-order valence-corrected chi connectivity index (χ3v) is 1.95. The van der Waals surface area contributed by atoms with Gasteiger partial charge in [-0.15, -0.1) is 0 Å². The van der Waals surface area contributed by atoms with Gasteiger partial charge < -0.3 is 9.66 Å². The fourth-order valence-electron chi connectivity index (χ4n) is 0.613. The van der Waals surface area contributed by atoms with E-state index in [2.05, 4.69) is 18.0 Å². The number of rotatable bonds is 6. The van der Waals surface area contributed by atoms with E-state index < -0.39 is 22.4 Å². The molecule has 2 atom stereocenters. The Morgan fingerprint density at radius 2 is 1.29 bits per heavy atom. The molecule has 0 aliphatic rings. The van der Waals surface area contributed by atoms with Crippen molar-refractivity contribution in [3.05, 3.63) is 0 Å². The predicted molar refractivity (Wildman–Crippen MR) is 79.4 cm³/mol. The minimum Gasteiger partial charge on any atom is -0.396 e. The molecule has 0 fully saturated rings. The standard InChI is InChI=1S/C5H12O3S.C5H12O.CH4O2S.2Y/c1-5(2)3-4-8-9(6)7;1-5(2)3-4-6;1-4(2)3;;/h5H,3-4H2,1-2H3,(H,6,7);5-6H,3-4H2,1-2H3;1H3,(H,2,3);;. The molecule has 0 saturated heterocycles. The molecule has 0 aliphatic heterocycles. The third-order valence-electron chi connectivity index (χ3n) is 1.59. The molecule has 0 aromatic heterocycles. The molecule has 0 spiro atoms. The van der Waals surface area contributed by atoms with E-state index in [4.69, 9.17) is 18.4 Å². The second-order valence-corrected chi connectivity index (χ2v) is 6.07. The van der Waals surface area contributed by atoms with Crippen LogP contribution in [-0.4, -0.2) is 42.1 Å². The first-order chi connectivity index (χ1) is 8.63. The molecule has 2 radical (unpaired) electrons. The monoisotopic (exact) mass is 498 g/mol. The maximum atomic E-state index is 9.87. The second kappa shape index (κ2) is 27.2. The first-order valence-corrected chi connectivity index (χ1v) is 8.55. The summed E-state index contributed by atoms with van der Waals surface area (Å²) in [4.78, 5) is 0. The van der Waals surface area contributed by atoms with Crippen LogP contribution in [-0.2, 0) is 92.0 Å². The van der Waals surface area contributed by atoms with E-state index in [1.807, 2.05) is 13.8 Å². The normalized spacial score (nSPS) is 11.9. The van der Waals surface area contributed by atoms with Crippen LogP contribution in [0.4, 0.5) is 0 Å². The zero-order valence-corrected chi connectivity index (χ0v) is 20.8. The minimum absolute atomic E-state index is 0. The Morgan fingerprint density at radius 1 is 0.952 bits per heavy atom. The molecule has 0 heterocycles. The van der Waals surface area contributed by atoms with Gasteiger partial charge in [-0.05, 0) is 24.7 Å². The topological polar surface area (TPSA) is 104 Å². The number of aliphatic hydroxyl groups excluding tert-OH is 1. The summed E-state index contributed by atoms with van der Waals surface area (Å²) >= 11 is -3.69. The fraction of sp³-hybridized carbons (Fsp3) is 1.00. The molecule has 2 unspecified atom stereocenters. The van der Waals surface area contributed by atoms with Crippen LogP contribution in [0.3, 0.4) is 0 Å². The first-order valence-electron chi connectivity index (χ1n) is 6.00. The average molecular weight is 498 g/mol. The quantitative estimate of drug-likeness (QED) is 0.485. The summed E-state index contributed by atoms with van der Waals surface area (Å²) in [6, 6.07) is 0. The Morgan fingerprint density at radius 3 is 1.43 bits per heavy atom. The van der Waals surface area contributed by atoms with Gasteiger partial charge in [-0.25, -0.2) is 4.21 Å². The Hall–Kier alpha value is 2.35. The van der Waals surface area contributed by atoms with Crippen molar-refractivity contribution in [1.82, 2.24) is 0 Å². The van der Waals surface area contributed by atoms with Crippen LogP contribution in [0.25, 0.3) is 0 Å². The van der Waals surface area contributed by atoms with Gasteiger partial charge in [-0.3, -0.25) is 8.74 Å². The predicted octanol–water partition coefficient (Wildman–Crippen LogP) is 2.04. The molecule has 0 rings (SSSR count). The van der Waals surface area contributed by atoms with Gasteiger partial charge in [0.15, 0.2) is 0 Å². The van der Waals surface area contributed by atoms with Crippen molar-refractivity contribution in [2.45, 2.75) is 40.5 Å². The largest absolute Gasteiger partial charge is 0.396 e. The fourth-order valence-corrected chi connectivity index (χ4v) is 0.852. The molecule has 10 heteroatoms. The van der Waals surface area contributed by atoms with Crippen molar-refractivity contribution < 1.29 is 92.2 Å². The summed E-state index contributed by atoms with van der Waals surface area (Å²) in [6.07, 6.45) is 2.95. The average Bonchev–Trinajstić information content (AvgIpc) is 2.15. The van der Waals surface area contributed by atoms with Crippen LogP contribution in [0.1, 0.15) is 40.5 Å². The molecule has 126 valence electrons. The first kappa shape index (κ1) is 34.6. The maximum absolute atomic E-state index is 9.87. The molecule has 0 bridgehead atoms. The summed E-state index contributed by atoms with van der Waals surface area (Å²) in [7, 11) is 0. The third kappa shape index (κ3) is 71.9. The van der Waals surface area contributed by atoms with Gasteiger partial charge in [-0.1, -0.05) is 27.7 Å². The molecule has 6 nitrogen and oxygen atoms in total. The van der Waals surface area contributed by atoms with E-state index in [1.54, 1.807) is 0 Å². The molecule has 0 aliphatic carbocycles. The van der Waals surface area contributed by atoms with Gasteiger partial charge in [-0.2, -0.15) is 4.21 Å². The second-order valence-electron chi connectivity index (χ2n) is 4.55. The van der Waals surface area contributed by atoms with Crippen molar-refractivity contribution in [3.8, 4) is 0 Å². The van der Waals surface area contributed by atoms with E-state index >= 15 is 0 Å². The van der Waals surface area contributed by atoms with Crippen molar-refractivity contribution in [2.24, 2.45) is 11.8 Å². The molecule has 0 saturated carbocycles. The smallest absolute Gasteiger partial charge is 0.301 e. The zero-order valence-electron chi connectivity index (χ0n) is 13.5. The summed E-state index contributed by atoms with van der Waals surface area (Å²) < 4.78 is 39.0. The van der Waals surface area contributed by atoms with Crippen molar-refractivity contribution in [3.63, 3.8) is 0 Å². The van der Waals surface area contributed by atoms with Crippen LogP contribution in [0.5, 0.6) is 0 Å². The molecular weight excluding hydrogens is 470 g/mol. The Balaban J connectivity index is -0.0000000627. The molecule has 3 N–H and O–H groups in total. The van der Waals surface area contributed by atoms with Gasteiger partial charge in [0.2, 0.25) is 0 Å². The Kier molecular flexibility index (Phi) is 44.9. The van der Waals surface area contributed by atoms with E-state index in [-0.39, 0.29) is 65.4 Å². The minimum atomic E-state index is -2.08. The van der Waals surface area contributed by atoms with Crippen molar-refractivity contribution in [1.29, 1.82) is 0 Å². The summed E-state index contributed by atoms with van der Waals surface area (Å²) in [5, 5.41) is 8.24. The number of hydrogen-bond donors (Lipinski definition) is 3. The Labute approximate surface area is 184 Å². The zero-order chi connectivity index (χ0) is 15.8. The maximum Gasteiger partial charge on any atom is 0.301 e. The van der Waals surface area contributed by atoms with Crippen LogP contribution in [0.15, 0.2) is 0 Å². The number of hydrogen-bond acceptors (Lipinski definition) is 4. The van der Waals surface area contributed by atoms with E-state index in [9.17, 15) is 4.21 Å². The summed E-state index contributed by atoms with van der Waals surface area (Å²) in [5.74, 6) is 1.17. The van der Waals surface area contributed by atoms with Gasteiger partial charge in [0.25, 0.3) is 0 Å². The van der Waals surface area contributed by atoms with Crippen LogP contribution in [0.2, 0.25) is 0 Å². The van der Waals surface area contributed by atoms with Crippen LogP contribution < -0.4 is 0 Å². The van der Waals surface area contributed by atoms with Crippen molar-refractivity contribution in [2.75, 3.05) is 19.5 Å². The van der Waals surface area contributed by atoms with Gasteiger partial charge in [0, 0.05) is 78.3 Å². The van der Waals surface area contributed by atoms with E-state index in [1.165, 1.54) is 6.26 Å². The van der Waals surface area contributed by atoms with Crippen molar-refractivity contribution >= 4 is 22.4 Å². The molecule has 0 amide bonds. The van der Waals surface area contributed by atoms with Crippen LogP contribution in [0, 0.1) is 11.8 Å². The van der Waals surface area contributed by atoms with Gasteiger partial charge in [0.05, 0.1) is 6.61 Å². The SMILES string of the molecule is CC(C)CCO.CC(C)CCOS(=O)O.CS(=O)O.[Y].[Y]. The summed E-state index contributed by atoms with van der Waals surface area (Å²) in [6.45, 7) is 8.94. The van der Waals surface area contributed by atoms with Gasteiger partial charge in [0.1, 0.15) is 11.1 Å². The van der Waals surface area contributed by atoms with Crippen LogP contribution >= 0.6 is 0 Å². The van der Waals surface area contributed by atoms with E-state index in [0.29, 0.717) is 25.0 Å². The molecule has 21 heavy (non-hydrogen) atoms. The Bertz CT molecular complexity index is 227. The number of aliphatic hydroxyl groups is 1. The van der Waals surface area contributed by atoms with E-state index in [0.717, 1.165) is 12.8 Å².